The van der Waals surface area contributed by atoms with Crippen LogP contribution in [0.25, 0.3) is 0 Å². The van der Waals surface area contributed by atoms with Gasteiger partial charge >= 0.3 is 0 Å². The molecule has 0 unspecified atom stereocenters. The van der Waals surface area contributed by atoms with Gasteiger partial charge in [0.2, 0.25) is 17.8 Å². The van der Waals surface area contributed by atoms with Crippen molar-refractivity contribution >= 4 is 46.6 Å². The molecule has 9 heteroatoms. The van der Waals surface area contributed by atoms with Crippen LogP contribution in [0.2, 0.25) is 5.02 Å². The van der Waals surface area contributed by atoms with E-state index in [4.69, 9.17) is 11.6 Å². The summed E-state index contributed by atoms with van der Waals surface area (Å²) in [5.74, 6) is -1.60. The van der Waals surface area contributed by atoms with E-state index in [1.54, 1.807) is 30.3 Å². The van der Waals surface area contributed by atoms with Crippen LogP contribution >= 0.6 is 11.6 Å². The number of aromatic nitrogens is 2. The van der Waals surface area contributed by atoms with Gasteiger partial charge in [0.25, 0.3) is 5.56 Å². The minimum Gasteiger partial charge on any atom is -0.326 e. The molecule has 31 heavy (non-hydrogen) atoms. The van der Waals surface area contributed by atoms with Crippen LogP contribution in [0.1, 0.15) is 29.0 Å². The van der Waals surface area contributed by atoms with Gasteiger partial charge in [-0.1, -0.05) is 35.4 Å². The normalized spacial score (nSPS) is 15.1. The summed E-state index contributed by atoms with van der Waals surface area (Å²) in [6.45, 7) is 3.84. The van der Waals surface area contributed by atoms with Crippen LogP contribution < -0.4 is 21.5 Å². The van der Waals surface area contributed by atoms with Crippen LogP contribution in [0.15, 0.2) is 47.3 Å². The third-order valence-corrected chi connectivity index (χ3v) is 5.23. The average molecular weight is 438 g/mol. The number of hydrogen-bond donors (Lipinski definition) is 4. The monoisotopic (exact) mass is 437 g/mol. The maximum atomic E-state index is 13.0. The molecule has 0 radical (unpaired) electrons. The van der Waals surface area contributed by atoms with Gasteiger partial charge in [-0.15, -0.1) is 0 Å². The number of nitrogens with zero attached hydrogens (tertiary/aromatic N) is 1. The largest absolute Gasteiger partial charge is 0.326 e. The van der Waals surface area contributed by atoms with Gasteiger partial charge in [0.05, 0.1) is 11.5 Å². The number of benzene rings is 2. The van der Waals surface area contributed by atoms with Gasteiger partial charge < -0.3 is 16.0 Å². The van der Waals surface area contributed by atoms with Crippen molar-refractivity contribution in [1.82, 2.24) is 9.97 Å². The summed E-state index contributed by atoms with van der Waals surface area (Å²) < 4.78 is 0. The number of nitrogens with one attached hydrogen (secondary N) is 4. The highest BCUT2D eigenvalue weighted by molar-refractivity contribution is 6.30. The van der Waals surface area contributed by atoms with Crippen molar-refractivity contribution in [3.8, 4) is 0 Å². The van der Waals surface area contributed by atoms with Gasteiger partial charge in [-0.05, 0) is 43.7 Å². The Labute approximate surface area is 183 Å². The lowest BCUT2D eigenvalue weighted by Crippen LogP contribution is -2.36. The van der Waals surface area contributed by atoms with E-state index in [1.165, 1.54) is 0 Å². The first-order chi connectivity index (χ1) is 14.8. The summed E-state index contributed by atoms with van der Waals surface area (Å²) in [6.07, 6.45) is -0.143. The Kier molecular flexibility index (Phi) is 5.48. The molecule has 1 atom stereocenters. The van der Waals surface area contributed by atoms with E-state index in [2.05, 4.69) is 25.9 Å². The third-order valence-electron chi connectivity index (χ3n) is 4.99. The molecule has 4 rings (SSSR count). The van der Waals surface area contributed by atoms with Crippen molar-refractivity contribution in [1.29, 1.82) is 0 Å². The molecule has 3 aromatic rings. The van der Waals surface area contributed by atoms with E-state index in [1.807, 2.05) is 26.0 Å². The highest BCUT2D eigenvalue weighted by atomic mass is 35.5. The molecular formula is C22H20ClN5O3. The number of carbonyl (C=O) groups excluding carboxylic acids is 2. The molecule has 4 N–H and O–H groups in total. The molecule has 158 valence electrons. The first-order valence-electron chi connectivity index (χ1n) is 9.65. The molecule has 2 aromatic carbocycles. The molecule has 0 spiro atoms. The number of anilines is 4. The van der Waals surface area contributed by atoms with Crippen molar-refractivity contribution in [2.24, 2.45) is 0 Å². The Morgan fingerprint density at radius 3 is 2.71 bits per heavy atom. The van der Waals surface area contributed by atoms with Crippen LogP contribution in [0, 0.1) is 13.8 Å². The van der Waals surface area contributed by atoms with Gasteiger partial charge in [0.15, 0.2) is 0 Å². The zero-order chi connectivity index (χ0) is 22.1. The Balaban J connectivity index is 1.65. The van der Waals surface area contributed by atoms with E-state index in [0.29, 0.717) is 16.4 Å². The van der Waals surface area contributed by atoms with E-state index >= 15 is 0 Å². The lowest BCUT2D eigenvalue weighted by atomic mass is 9.92. The maximum Gasteiger partial charge on any atom is 0.258 e. The quantitative estimate of drug-likeness (QED) is 0.494. The minimum atomic E-state index is -0.957. The van der Waals surface area contributed by atoms with E-state index < -0.39 is 17.4 Å². The van der Waals surface area contributed by atoms with Crippen LogP contribution in [0.4, 0.5) is 23.1 Å². The average Bonchev–Trinajstić information content (AvgIpc) is 2.69. The topological polar surface area (TPSA) is 116 Å². The number of aryl methyl sites for hydroxylation is 2. The molecule has 0 aliphatic carbocycles. The zero-order valence-corrected chi connectivity index (χ0v) is 17.6. The first-order valence-corrected chi connectivity index (χ1v) is 10.0. The van der Waals surface area contributed by atoms with Crippen LogP contribution in [-0.2, 0) is 9.59 Å². The van der Waals surface area contributed by atoms with Crippen molar-refractivity contribution in [2.45, 2.75) is 26.2 Å². The Morgan fingerprint density at radius 2 is 1.97 bits per heavy atom. The number of rotatable bonds is 4. The number of carbonyl (C=O) groups is 2. The second kappa shape index (κ2) is 8.23. The van der Waals surface area contributed by atoms with Gasteiger partial charge in [0.1, 0.15) is 5.82 Å². The summed E-state index contributed by atoms with van der Waals surface area (Å²) in [5, 5.41) is 8.88. The summed E-state index contributed by atoms with van der Waals surface area (Å²) in [5.41, 5.74) is 2.82. The van der Waals surface area contributed by atoms with Crippen molar-refractivity contribution in [3.63, 3.8) is 0 Å². The SMILES string of the molecule is Cc1ccc(NC(=O)[C@H]2CC(=O)Nc3nc(Nc4cccc(Cl)c4)[nH]c(=O)c32)c(C)c1. The Hall–Kier alpha value is -3.65. The summed E-state index contributed by atoms with van der Waals surface area (Å²) in [6, 6.07) is 12.5. The van der Waals surface area contributed by atoms with Crippen LogP contribution in [-0.4, -0.2) is 21.8 Å². The van der Waals surface area contributed by atoms with Crippen molar-refractivity contribution in [3.05, 3.63) is 74.5 Å². The van der Waals surface area contributed by atoms with Crippen molar-refractivity contribution < 1.29 is 9.59 Å². The number of halogens is 1. The van der Waals surface area contributed by atoms with Crippen LogP contribution in [0.5, 0.6) is 0 Å². The Bertz CT molecular complexity index is 1250. The van der Waals surface area contributed by atoms with E-state index in [-0.39, 0.29) is 29.7 Å². The highest BCUT2D eigenvalue weighted by Crippen LogP contribution is 2.30. The molecule has 0 saturated carbocycles. The van der Waals surface area contributed by atoms with Gasteiger partial charge in [-0.25, -0.2) is 0 Å². The van der Waals surface area contributed by atoms with Crippen molar-refractivity contribution in [2.75, 3.05) is 16.0 Å². The molecule has 0 saturated heterocycles. The summed E-state index contributed by atoms with van der Waals surface area (Å²) >= 11 is 5.98. The molecule has 0 fully saturated rings. The fourth-order valence-corrected chi connectivity index (χ4v) is 3.72. The van der Waals surface area contributed by atoms with Crippen LogP contribution in [0.3, 0.4) is 0 Å². The number of fused-ring (bicyclic) bond motifs is 1. The highest BCUT2D eigenvalue weighted by Gasteiger charge is 2.35. The first kappa shape index (κ1) is 20.6. The Morgan fingerprint density at radius 1 is 1.16 bits per heavy atom. The van der Waals surface area contributed by atoms with Gasteiger partial charge in [-0.2, -0.15) is 4.98 Å². The number of amides is 2. The third kappa shape index (κ3) is 4.44. The fraction of sp³-hybridized carbons (Fsp3) is 0.182. The molecular weight excluding hydrogens is 418 g/mol. The number of hydrogen-bond acceptors (Lipinski definition) is 5. The lowest BCUT2D eigenvalue weighted by molar-refractivity contribution is -0.123. The summed E-state index contributed by atoms with van der Waals surface area (Å²) in [4.78, 5) is 45.0. The molecule has 8 nitrogen and oxygen atoms in total. The fourth-order valence-electron chi connectivity index (χ4n) is 3.53. The number of H-pyrrole nitrogens is 1. The van der Waals surface area contributed by atoms with E-state index in [9.17, 15) is 14.4 Å². The number of aromatic amines is 1. The predicted molar refractivity (Wildman–Crippen MR) is 120 cm³/mol. The second-order valence-electron chi connectivity index (χ2n) is 7.42. The van der Waals surface area contributed by atoms with Gasteiger partial charge in [0, 0.05) is 22.8 Å². The smallest absolute Gasteiger partial charge is 0.258 e. The molecule has 1 aromatic heterocycles. The summed E-state index contributed by atoms with van der Waals surface area (Å²) in [7, 11) is 0. The molecule has 1 aliphatic rings. The molecule has 2 heterocycles. The molecule has 1 aliphatic heterocycles. The standard InChI is InChI=1S/C22H20ClN5O3/c1-11-6-7-16(12(2)8-11)25-20(30)15-10-17(29)26-19-18(15)21(31)28-22(27-19)24-14-5-3-4-13(23)9-14/h3-9,15H,10H2,1-2H3,(H,25,30)(H3,24,26,27,28,29,31)/t15-/m0/s1. The minimum absolute atomic E-state index is 0.0605. The molecule has 0 bridgehead atoms. The van der Waals surface area contributed by atoms with E-state index in [0.717, 1.165) is 11.1 Å². The lowest BCUT2D eigenvalue weighted by Gasteiger charge is -2.24. The second-order valence-corrected chi connectivity index (χ2v) is 7.86. The predicted octanol–water partition coefficient (Wildman–Crippen LogP) is 3.85. The zero-order valence-electron chi connectivity index (χ0n) is 16.9. The maximum absolute atomic E-state index is 13.0. The van der Waals surface area contributed by atoms with Gasteiger partial charge in [-0.3, -0.25) is 19.4 Å². The molecule has 2 amide bonds.